The van der Waals surface area contributed by atoms with Gasteiger partial charge in [0.25, 0.3) is 0 Å². The van der Waals surface area contributed by atoms with E-state index in [1.807, 2.05) is 51.4 Å². The van der Waals surface area contributed by atoms with Crippen molar-refractivity contribution < 1.29 is 4.79 Å². The molecule has 0 bridgehead atoms. The number of carbonyl (C=O) groups is 1. The molecule has 0 aliphatic carbocycles. The fraction of sp³-hybridized carbons (Fsp3) is 0.389. The minimum Gasteiger partial charge on any atom is -0.353 e. The molecule has 6 nitrogen and oxygen atoms in total. The maximum atomic E-state index is 12.2. The van der Waals surface area contributed by atoms with Crippen molar-refractivity contribution in [1.29, 1.82) is 0 Å². The van der Waals surface area contributed by atoms with Gasteiger partial charge in [0, 0.05) is 36.6 Å². The zero-order valence-electron chi connectivity index (χ0n) is 14.4. The monoisotopic (exact) mass is 325 g/mol. The molecule has 1 aliphatic rings. The van der Waals surface area contributed by atoms with Crippen LogP contribution in [-0.4, -0.2) is 53.5 Å². The number of aromatic nitrogens is 2. The van der Waals surface area contributed by atoms with Crippen molar-refractivity contribution in [2.24, 2.45) is 0 Å². The van der Waals surface area contributed by atoms with E-state index in [2.05, 4.69) is 25.1 Å². The van der Waals surface area contributed by atoms with E-state index in [1.165, 1.54) is 5.56 Å². The molecule has 1 amide bonds. The third-order valence-electron chi connectivity index (χ3n) is 4.38. The van der Waals surface area contributed by atoms with Gasteiger partial charge < -0.3 is 10.2 Å². The van der Waals surface area contributed by atoms with Crippen LogP contribution in [0.5, 0.6) is 0 Å². The Bertz CT molecular complexity index is 710. The molecule has 0 atom stereocenters. The van der Waals surface area contributed by atoms with Gasteiger partial charge in [0.1, 0.15) is 12.1 Å². The molecule has 0 saturated carbocycles. The Morgan fingerprint density at radius 1 is 1.29 bits per heavy atom. The molecule has 24 heavy (non-hydrogen) atoms. The van der Waals surface area contributed by atoms with Gasteiger partial charge in [-0.05, 0) is 33.0 Å². The smallest absolute Gasteiger partial charge is 0.238 e. The minimum absolute atomic E-state index is 0.0121. The first kappa shape index (κ1) is 16.4. The molecule has 1 aromatic carbocycles. The lowest BCUT2D eigenvalue weighted by Crippen LogP contribution is -2.60. The minimum atomic E-state index is 0.0121. The fourth-order valence-corrected chi connectivity index (χ4v) is 2.82. The molecule has 2 heterocycles. The van der Waals surface area contributed by atoms with Crippen molar-refractivity contribution in [3.05, 3.63) is 47.9 Å². The number of anilines is 2. The summed E-state index contributed by atoms with van der Waals surface area (Å²) in [5.74, 6) is 0.997. The highest BCUT2D eigenvalue weighted by atomic mass is 16.2. The van der Waals surface area contributed by atoms with E-state index in [-0.39, 0.29) is 5.91 Å². The van der Waals surface area contributed by atoms with Crippen molar-refractivity contribution in [3.8, 4) is 0 Å². The van der Waals surface area contributed by atoms with E-state index < -0.39 is 0 Å². The van der Waals surface area contributed by atoms with Crippen LogP contribution in [0.3, 0.4) is 0 Å². The molecular weight excluding hydrogens is 302 g/mol. The summed E-state index contributed by atoms with van der Waals surface area (Å²) in [4.78, 5) is 24.8. The number of likely N-dealkylation sites (N-methyl/N-ethyl adjacent to an activating group) is 1. The standard InChI is InChI=1S/C18H23N5O/c1-13-4-6-15(7-5-13)21-17(24)11-22(3)16-9-23(10-16)18-14(2)8-19-12-20-18/h4-8,12,16H,9-11H2,1-3H3,(H,21,24). The van der Waals surface area contributed by atoms with E-state index in [4.69, 9.17) is 0 Å². The largest absolute Gasteiger partial charge is 0.353 e. The van der Waals surface area contributed by atoms with Crippen LogP contribution in [0.4, 0.5) is 11.5 Å². The first-order valence-corrected chi connectivity index (χ1v) is 8.11. The fourth-order valence-electron chi connectivity index (χ4n) is 2.82. The van der Waals surface area contributed by atoms with Gasteiger partial charge in [-0.3, -0.25) is 9.69 Å². The van der Waals surface area contributed by atoms with Crippen LogP contribution in [0.15, 0.2) is 36.8 Å². The third kappa shape index (κ3) is 3.71. The lowest BCUT2D eigenvalue weighted by molar-refractivity contribution is -0.117. The number of carbonyl (C=O) groups excluding carboxylic acids is 1. The number of nitrogens with one attached hydrogen (secondary N) is 1. The van der Waals surface area contributed by atoms with Crippen molar-refractivity contribution in [2.75, 3.05) is 36.9 Å². The SMILES string of the molecule is Cc1ccc(NC(=O)CN(C)C2CN(c3ncncc3C)C2)cc1. The number of benzene rings is 1. The van der Waals surface area contributed by atoms with Crippen molar-refractivity contribution in [1.82, 2.24) is 14.9 Å². The van der Waals surface area contributed by atoms with Gasteiger partial charge in [0.05, 0.1) is 6.54 Å². The Balaban J connectivity index is 1.48. The summed E-state index contributed by atoms with van der Waals surface area (Å²) in [5.41, 5.74) is 3.10. The van der Waals surface area contributed by atoms with Gasteiger partial charge in [-0.1, -0.05) is 17.7 Å². The van der Waals surface area contributed by atoms with Crippen LogP contribution < -0.4 is 10.2 Å². The van der Waals surface area contributed by atoms with Gasteiger partial charge in [0.15, 0.2) is 0 Å². The first-order chi connectivity index (χ1) is 11.5. The van der Waals surface area contributed by atoms with Crippen LogP contribution in [-0.2, 0) is 4.79 Å². The zero-order valence-corrected chi connectivity index (χ0v) is 14.4. The van der Waals surface area contributed by atoms with Crippen LogP contribution in [0, 0.1) is 13.8 Å². The summed E-state index contributed by atoms with van der Waals surface area (Å²) in [7, 11) is 1.99. The topological polar surface area (TPSA) is 61.4 Å². The molecule has 6 heteroatoms. The molecule has 1 saturated heterocycles. The molecule has 2 aromatic rings. The molecule has 0 unspecified atom stereocenters. The van der Waals surface area contributed by atoms with Gasteiger partial charge in [0.2, 0.25) is 5.91 Å². The van der Waals surface area contributed by atoms with Gasteiger partial charge in [-0.25, -0.2) is 9.97 Å². The average Bonchev–Trinajstić information content (AvgIpc) is 2.50. The summed E-state index contributed by atoms with van der Waals surface area (Å²) in [6, 6.07) is 8.20. The quantitative estimate of drug-likeness (QED) is 0.909. The first-order valence-electron chi connectivity index (χ1n) is 8.11. The molecule has 0 spiro atoms. The Morgan fingerprint density at radius 3 is 2.67 bits per heavy atom. The molecule has 126 valence electrons. The van der Waals surface area contributed by atoms with Gasteiger partial charge in [-0.15, -0.1) is 0 Å². The summed E-state index contributed by atoms with van der Waals surface area (Å²) in [5, 5.41) is 2.94. The predicted octanol–water partition coefficient (Wildman–Crippen LogP) is 1.85. The number of rotatable bonds is 5. The number of nitrogens with zero attached hydrogens (tertiary/aromatic N) is 4. The van der Waals surface area contributed by atoms with Gasteiger partial charge >= 0.3 is 0 Å². The van der Waals surface area contributed by atoms with E-state index in [1.54, 1.807) is 6.33 Å². The highest BCUT2D eigenvalue weighted by Gasteiger charge is 2.32. The molecule has 1 aliphatic heterocycles. The Hall–Kier alpha value is -2.47. The van der Waals surface area contributed by atoms with E-state index in [0.29, 0.717) is 12.6 Å². The second-order valence-corrected chi connectivity index (χ2v) is 6.42. The second-order valence-electron chi connectivity index (χ2n) is 6.42. The average molecular weight is 325 g/mol. The van der Waals surface area contributed by atoms with Crippen LogP contribution in [0.2, 0.25) is 0 Å². The number of hydrogen-bond donors (Lipinski definition) is 1. The molecule has 3 rings (SSSR count). The number of hydrogen-bond acceptors (Lipinski definition) is 5. The maximum absolute atomic E-state index is 12.2. The van der Waals surface area contributed by atoms with Crippen LogP contribution >= 0.6 is 0 Å². The lowest BCUT2D eigenvalue weighted by Gasteiger charge is -2.44. The van der Waals surface area contributed by atoms with Gasteiger partial charge in [-0.2, -0.15) is 0 Å². The van der Waals surface area contributed by atoms with Crippen molar-refractivity contribution in [3.63, 3.8) is 0 Å². The zero-order chi connectivity index (χ0) is 17.1. The normalized spacial score (nSPS) is 14.6. The summed E-state index contributed by atoms with van der Waals surface area (Å²) >= 11 is 0. The number of aryl methyl sites for hydroxylation is 2. The summed E-state index contributed by atoms with van der Waals surface area (Å²) in [6.45, 7) is 6.19. The number of amides is 1. The van der Waals surface area contributed by atoms with Crippen LogP contribution in [0.1, 0.15) is 11.1 Å². The molecular formula is C18H23N5O. The Morgan fingerprint density at radius 2 is 2.00 bits per heavy atom. The molecule has 1 aromatic heterocycles. The van der Waals surface area contributed by atoms with Crippen LogP contribution in [0.25, 0.3) is 0 Å². The lowest BCUT2D eigenvalue weighted by atomic mass is 10.1. The second kappa shape index (κ2) is 6.97. The summed E-state index contributed by atoms with van der Waals surface area (Å²) < 4.78 is 0. The summed E-state index contributed by atoms with van der Waals surface area (Å²) in [6.07, 6.45) is 3.41. The third-order valence-corrected chi connectivity index (χ3v) is 4.38. The Kier molecular flexibility index (Phi) is 4.76. The van der Waals surface area contributed by atoms with E-state index in [0.717, 1.165) is 30.2 Å². The van der Waals surface area contributed by atoms with E-state index >= 15 is 0 Å². The molecule has 1 fully saturated rings. The predicted molar refractivity (Wildman–Crippen MR) is 95.2 cm³/mol. The maximum Gasteiger partial charge on any atom is 0.238 e. The molecule has 0 radical (unpaired) electrons. The highest BCUT2D eigenvalue weighted by Crippen LogP contribution is 2.23. The van der Waals surface area contributed by atoms with Crippen molar-refractivity contribution in [2.45, 2.75) is 19.9 Å². The highest BCUT2D eigenvalue weighted by molar-refractivity contribution is 5.92. The van der Waals surface area contributed by atoms with E-state index in [9.17, 15) is 4.79 Å². The Labute approximate surface area is 142 Å². The van der Waals surface area contributed by atoms with Crippen molar-refractivity contribution >= 4 is 17.4 Å². The molecule has 1 N–H and O–H groups in total.